The van der Waals surface area contributed by atoms with Gasteiger partial charge in [-0.25, -0.2) is 15.8 Å². The summed E-state index contributed by atoms with van der Waals surface area (Å²) in [7, 11) is 0. The van der Waals surface area contributed by atoms with E-state index in [0.717, 1.165) is 5.56 Å². The summed E-state index contributed by atoms with van der Waals surface area (Å²) in [4.78, 5) is 7.64. The largest absolute Gasteiger partial charge is 0.308 e. The summed E-state index contributed by atoms with van der Waals surface area (Å²) in [5, 5.41) is 0. The van der Waals surface area contributed by atoms with Crippen molar-refractivity contribution in [1.29, 1.82) is 0 Å². The molecule has 0 aliphatic rings. The third-order valence-electron chi connectivity index (χ3n) is 1.03. The molecule has 1 heterocycles. The zero-order valence-electron chi connectivity index (χ0n) is 9.13. The zero-order chi connectivity index (χ0) is 10.7. The summed E-state index contributed by atoms with van der Waals surface area (Å²) in [5.74, 6) is 5.78. The average molecular weight is 184 g/mol. The highest BCUT2D eigenvalue weighted by atomic mass is 15.3. The third-order valence-corrected chi connectivity index (χ3v) is 1.03. The van der Waals surface area contributed by atoms with Crippen molar-refractivity contribution in [2.24, 2.45) is 5.84 Å². The standard InChI is InChI=1S/C5H8N4.2C2H6/c1-4-2-7-3-8-5(4)9-6;2*1-2/h2-3H,6H2,1H3,(H,7,8,9);2*1-2H3. The van der Waals surface area contributed by atoms with E-state index < -0.39 is 0 Å². The van der Waals surface area contributed by atoms with Crippen LogP contribution in [0.25, 0.3) is 0 Å². The molecule has 0 aliphatic carbocycles. The SMILES string of the molecule is CC.CC.Cc1cncnc1NN. The number of nitrogens with zero attached hydrogens (tertiary/aromatic N) is 2. The first-order valence-corrected chi connectivity index (χ1v) is 4.58. The number of nitrogen functional groups attached to an aromatic ring is 1. The maximum atomic E-state index is 5.11. The Morgan fingerprint density at radius 1 is 1.23 bits per heavy atom. The normalized spacial score (nSPS) is 7.23. The molecule has 0 saturated carbocycles. The third kappa shape index (κ3) is 6.04. The van der Waals surface area contributed by atoms with Crippen molar-refractivity contribution >= 4 is 5.82 Å². The first-order valence-electron chi connectivity index (χ1n) is 4.58. The molecule has 4 heteroatoms. The Balaban J connectivity index is 0. The number of rotatable bonds is 1. The van der Waals surface area contributed by atoms with Crippen molar-refractivity contribution in [3.05, 3.63) is 18.1 Å². The maximum Gasteiger partial charge on any atom is 0.146 e. The van der Waals surface area contributed by atoms with Crippen molar-refractivity contribution in [2.75, 3.05) is 5.43 Å². The molecule has 1 aromatic heterocycles. The van der Waals surface area contributed by atoms with Crippen LogP contribution in [0.15, 0.2) is 12.5 Å². The summed E-state index contributed by atoms with van der Waals surface area (Å²) in [6.07, 6.45) is 3.14. The second-order valence-electron chi connectivity index (χ2n) is 1.70. The van der Waals surface area contributed by atoms with Crippen LogP contribution in [0.4, 0.5) is 5.82 Å². The maximum absolute atomic E-state index is 5.11. The number of hydrogen-bond acceptors (Lipinski definition) is 4. The second kappa shape index (κ2) is 10.8. The topological polar surface area (TPSA) is 63.8 Å². The van der Waals surface area contributed by atoms with Gasteiger partial charge >= 0.3 is 0 Å². The molecule has 0 atom stereocenters. The van der Waals surface area contributed by atoms with E-state index >= 15 is 0 Å². The fourth-order valence-electron chi connectivity index (χ4n) is 0.550. The summed E-state index contributed by atoms with van der Waals surface area (Å²) < 4.78 is 0. The average Bonchev–Trinajstić information content (AvgIpc) is 2.24. The number of aryl methyl sites for hydroxylation is 1. The van der Waals surface area contributed by atoms with Gasteiger partial charge in [-0.2, -0.15) is 0 Å². The molecule has 0 aromatic carbocycles. The molecule has 0 fully saturated rings. The van der Waals surface area contributed by atoms with Crippen LogP contribution >= 0.6 is 0 Å². The highest BCUT2D eigenvalue weighted by Gasteiger charge is 1.92. The fraction of sp³-hybridized carbons (Fsp3) is 0.556. The van der Waals surface area contributed by atoms with E-state index in [4.69, 9.17) is 5.84 Å². The van der Waals surface area contributed by atoms with E-state index in [1.54, 1.807) is 6.20 Å². The lowest BCUT2D eigenvalue weighted by Crippen LogP contribution is -2.09. The Bertz CT molecular complexity index is 201. The van der Waals surface area contributed by atoms with E-state index in [2.05, 4.69) is 15.4 Å². The number of anilines is 1. The summed E-state index contributed by atoms with van der Waals surface area (Å²) in [5.41, 5.74) is 3.39. The van der Waals surface area contributed by atoms with Gasteiger partial charge in [0.05, 0.1) is 0 Å². The van der Waals surface area contributed by atoms with E-state index in [0.29, 0.717) is 5.82 Å². The van der Waals surface area contributed by atoms with Gasteiger partial charge in [-0.3, -0.25) is 0 Å². The van der Waals surface area contributed by atoms with Gasteiger partial charge in [0.15, 0.2) is 0 Å². The molecule has 0 unspecified atom stereocenters. The quantitative estimate of drug-likeness (QED) is 0.518. The minimum atomic E-state index is 0.671. The molecule has 0 radical (unpaired) electrons. The number of nitrogens with two attached hydrogens (primary N) is 1. The predicted octanol–water partition coefficient (Wildman–Crippen LogP) is 2.12. The van der Waals surface area contributed by atoms with Gasteiger partial charge in [0.1, 0.15) is 12.1 Å². The zero-order valence-corrected chi connectivity index (χ0v) is 9.13. The molecule has 0 amide bonds. The second-order valence-corrected chi connectivity index (χ2v) is 1.70. The van der Waals surface area contributed by atoms with E-state index in [-0.39, 0.29) is 0 Å². The van der Waals surface area contributed by atoms with E-state index in [1.165, 1.54) is 6.33 Å². The molecular weight excluding hydrogens is 164 g/mol. The van der Waals surface area contributed by atoms with Crippen LogP contribution in [0.3, 0.4) is 0 Å². The fourth-order valence-corrected chi connectivity index (χ4v) is 0.550. The molecule has 0 bridgehead atoms. The van der Waals surface area contributed by atoms with Gasteiger partial charge in [-0.05, 0) is 6.92 Å². The van der Waals surface area contributed by atoms with Crippen molar-refractivity contribution in [3.8, 4) is 0 Å². The molecule has 76 valence electrons. The number of aromatic nitrogens is 2. The van der Waals surface area contributed by atoms with Crippen LogP contribution < -0.4 is 11.3 Å². The Morgan fingerprint density at radius 3 is 2.08 bits per heavy atom. The van der Waals surface area contributed by atoms with Crippen LogP contribution in [0.2, 0.25) is 0 Å². The number of hydrogen-bond donors (Lipinski definition) is 2. The molecule has 4 nitrogen and oxygen atoms in total. The monoisotopic (exact) mass is 184 g/mol. The summed E-state index contributed by atoms with van der Waals surface area (Å²) in [6, 6.07) is 0. The summed E-state index contributed by atoms with van der Waals surface area (Å²) in [6.45, 7) is 9.88. The van der Waals surface area contributed by atoms with Crippen molar-refractivity contribution < 1.29 is 0 Å². The summed E-state index contributed by atoms with van der Waals surface area (Å²) >= 11 is 0. The van der Waals surface area contributed by atoms with Gasteiger partial charge in [0, 0.05) is 11.8 Å². The van der Waals surface area contributed by atoms with Gasteiger partial charge in [-0.15, -0.1) is 0 Å². The van der Waals surface area contributed by atoms with E-state index in [9.17, 15) is 0 Å². The highest BCUT2D eigenvalue weighted by molar-refractivity contribution is 5.39. The van der Waals surface area contributed by atoms with Crippen LogP contribution in [-0.2, 0) is 0 Å². The van der Waals surface area contributed by atoms with Gasteiger partial charge in [0.2, 0.25) is 0 Å². The Labute approximate surface area is 80.6 Å². The lowest BCUT2D eigenvalue weighted by atomic mass is 10.4. The molecule has 0 aliphatic heterocycles. The Hall–Kier alpha value is -1.16. The van der Waals surface area contributed by atoms with Crippen molar-refractivity contribution in [1.82, 2.24) is 9.97 Å². The molecular formula is C9H20N4. The van der Waals surface area contributed by atoms with Crippen LogP contribution in [0.5, 0.6) is 0 Å². The van der Waals surface area contributed by atoms with Gasteiger partial charge < -0.3 is 5.43 Å². The van der Waals surface area contributed by atoms with Crippen molar-refractivity contribution in [2.45, 2.75) is 34.6 Å². The smallest absolute Gasteiger partial charge is 0.146 e. The molecule has 0 saturated heterocycles. The van der Waals surface area contributed by atoms with Crippen LogP contribution in [-0.4, -0.2) is 9.97 Å². The molecule has 13 heavy (non-hydrogen) atoms. The highest BCUT2D eigenvalue weighted by Crippen LogP contribution is 2.03. The Kier molecular flexibility index (Phi) is 12.0. The molecule has 0 spiro atoms. The predicted molar refractivity (Wildman–Crippen MR) is 57.3 cm³/mol. The first-order chi connectivity index (χ1) is 6.34. The van der Waals surface area contributed by atoms with Crippen LogP contribution in [0, 0.1) is 6.92 Å². The number of hydrazine groups is 1. The van der Waals surface area contributed by atoms with Gasteiger partial charge in [-0.1, -0.05) is 27.7 Å². The molecule has 1 rings (SSSR count). The van der Waals surface area contributed by atoms with E-state index in [1.807, 2.05) is 34.6 Å². The lowest BCUT2D eigenvalue weighted by molar-refractivity contribution is 1.10. The number of nitrogens with one attached hydrogen (secondary N) is 1. The molecule has 3 N–H and O–H groups in total. The first kappa shape index (κ1) is 14.4. The Morgan fingerprint density at radius 2 is 1.77 bits per heavy atom. The minimum absolute atomic E-state index is 0.671. The van der Waals surface area contributed by atoms with Gasteiger partial charge in [0.25, 0.3) is 0 Å². The lowest BCUT2D eigenvalue weighted by Gasteiger charge is -1.98. The van der Waals surface area contributed by atoms with Crippen molar-refractivity contribution in [3.63, 3.8) is 0 Å². The minimum Gasteiger partial charge on any atom is -0.308 e. The molecule has 1 aromatic rings. The van der Waals surface area contributed by atoms with Crippen LogP contribution in [0.1, 0.15) is 33.3 Å².